The summed E-state index contributed by atoms with van der Waals surface area (Å²) in [7, 11) is 0. The molecule has 2 amide bonds. The quantitative estimate of drug-likeness (QED) is 0.112. The van der Waals surface area contributed by atoms with Gasteiger partial charge in [0.25, 0.3) is 11.8 Å². The first-order chi connectivity index (χ1) is 27.7. The molecule has 0 aliphatic rings. The van der Waals surface area contributed by atoms with E-state index in [-0.39, 0.29) is 29.8 Å². The predicted molar refractivity (Wildman–Crippen MR) is 213 cm³/mol. The van der Waals surface area contributed by atoms with Crippen molar-refractivity contribution >= 4 is 67.9 Å². The van der Waals surface area contributed by atoms with Gasteiger partial charge in [-0.1, -0.05) is 66.2 Å². The van der Waals surface area contributed by atoms with E-state index in [4.69, 9.17) is 11.6 Å². The molecular weight excluding hydrogens is 800 g/mol. The van der Waals surface area contributed by atoms with E-state index in [0.717, 1.165) is 45.6 Å². The van der Waals surface area contributed by atoms with Crippen LogP contribution >= 0.6 is 22.9 Å². The van der Waals surface area contributed by atoms with Crippen LogP contribution in [0.5, 0.6) is 0 Å². The standard InChI is InChI=1S/C43H28ClF6N5O2S/c44-39-7-3-5-32(51-39)40(56)52-34-24-55(22-26-10-15-29(16-11-26)43(48,49)50)36-17-12-27(20-31(34)36)37-18-19-38(58-37)41(57)53-33-23-54(35-6-2-1-4-30(33)35)21-25-8-13-28(14-9-25)42(45,46)47/h1-20,23-24H,21-22H2,(H,52,56)(H,53,57). The molecule has 58 heavy (non-hydrogen) atoms. The number of nitrogens with one attached hydrogen (secondary N) is 2. The highest BCUT2D eigenvalue weighted by Gasteiger charge is 2.31. The number of aromatic nitrogens is 3. The Labute approximate surface area is 335 Å². The number of carbonyl (C=O) groups is 2. The summed E-state index contributed by atoms with van der Waals surface area (Å²) in [5.74, 6) is -0.878. The van der Waals surface area contributed by atoms with Crippen molar-refractivity contribution in [1.29, 1.82) is 0 Å². The number of benzene rings is 4. The number of nitrogens with zero attached hydrogens (tertiary/aromatic N) is 3. The first-order valence-corrected chi connectivity index (χ1v) is 18.8. The molecule has 8 rings (SSSR count). The summed E-state index contributed by atoms with van der Waals surface area (Å²) >= 11 is 7.28. The molecular formula is C43H28ClF6N5O2S. The third-order valence-electron chi connectivity index (χ3n) is 9.50. The summed E-state index contributed by atoms with van der Waals surface area (Å²) < 4.78 is 82.7. The van der Waals surface area contributed by atoms with Crippen molar-refractivity contribution in [1.82, 2.24) is 14.1 Å². The number of fused-ring (bicyclic) bond motifs is 2. The van der Waals surface area contributed by atoms with Gasteiger partial charge in [-0.05, 0) is 83.4 Å². The lowest BCUT2D eigenvalue weighted by atomic mass is 10.1. The molecule has 292 valence electrons. The predicted octanol–water partition coefficient (Wildman–Crippen LogP) is 12.0. The van der Waals surface area contributed by atoms with E-state index >= 15 is 0 Å². The van der Waals surface area contributed by atoms with Crippen molar-refractivity contribution in [2.24, 2.45) is 0 Å². The summed E-state index contributed by atoms with van der Waals surface area (Å²) in [5, 5.41) is 7.42. The van der Waals surface area contributed by atoms with Crippen LogP contribution in [0.2, 0.25) is 5.15 Å². The van der Waals surface area contributed by atoms with Gasteiger partial charge in [0.05, 0.1) is 38.4 Å². The van der Waals surface area contributed by atoms with Crippen LogP contribution in [0, 0.1) is 0 Å². The van der Waals surface area contributed by atoms with Crippen molar-refractivity contribution in [3.63, 3.8) is 0 Å². The molecule has 0 aliphatic heterocycles. The molecule has 0 saturated carbocycles. The van der Waals surface area contributed by atoms with Gasteiger partial charge in [0.2, 0.25) is 0 Å². The minimum absolute atomic E-state index is 0.0870. The molecule has 0 radical (unpaired) electrons. The zero-order chi connectivity index (χ0) is 40.8. The van der Waals surface area contributed by atoms with E-state index in [2.05, 4.69) is 15.6 Å². The Morgan fingerprint density at radius 1 is 0.621 bits per heavy atom. The Hall–Kier alpha value is -6.38. The van der Waals surface area contributed by atoms with Gasteiger partial charge >= 0.3 is 12.4 Å². The number of alkyl halides is 6. The van der Waals surface area contributed by atoms with Crippen LogP contribution in [0.4, 0.5) is 37.7 Å². The highest BCUT2D eigenvalue weighted by atomic mass is 35.5. The average molecular weight is 828 g/mol. The lowest BCUT2D eigenvalue weighted by molar-refractivity contribution is -0.138. The zero-order valence-corrected chi connectivity index (χ0v) is 31.4. The van der Waals surface area contributed by atoms with Gasteiger partial charge in [-0.15, -0.1) is 11.3 Å². The van der Waals surface area contributed by atoms with Gasteiger partial charge in [-0.2, -0.15) is 26.3 Å². The smallest absolute Gasteiger partial charge is 0.341 e. The number of rotatable bonds is 9. The maximum absolute atomic E-state index is 13.7. The number of anilines is 2. The van der Waals surface area contributed by atoms with Crippen molar-refractivity contribution in [3.05, 3.63) is 172 Å². The minimum Gasteiger partial charge on any atom is -0.341 e. The van der Waals surface area contributed by atoms with Gasteiger partial charge in [0, 0.05) is 41.1 Å². The first-order valence-electron chi connectivity index (χ1n) is 17.6. The fourth-order valence-electron chi connectivity index (χ4n) is 6.67. The van der Waals surface area contributed by atoms with Crippen LogP contribution in [0.25, 0.3) is 32.2 Å². The van der Waals surface area contributed by atoms with Crippen molar-refractivity contribution in [2.75, 3.05) is 10.6 Å². The Bertz CT molecular complexity index is 2820. The molecule has 4 aromatic heterocycles. The summed E-state index contributed by atoms with van der Waals surface area (Å²) in [5.41, 5.74) is 3.06. The maximum atomic E-state index is 13.7. The summed E-state index contributed by atoms with van der Waals surface area (Å²) in [6.45, 7) is 0.494. The molecule has 0 saturated heterocycles. The highest BCUT2D eigenvalue weighted by molar-refractivity contribution is 7.17. The zero-order valence-electron chi connectivity index (χ0n) is 29.8. The topological polar surface area (TPSA) is 81.0 Å². The Morgan fingerprint density at radius 3 is 1.79 bits per heavy atom. The lowest BCUT2D eigenvalue weighted by Gasteiger charge is -2.09. The number of hydrogen-bond acceptors (Lipinski definition) is 4. The van der Waals surface area contributed by atoms with Gasteiger partial charge < -0.3 is 19.8 Å². The van der Waals surface area contributed by atoms with Crippen LogP contribution in [0.3, 0.4) is 0 Å². The molecule has 7 nitrogen and oxygen atoms in total. The summed E-state index contributed by atoms with van der Waals surface area (Å²) in [6, 6.07) is 31.0. The molecule has 0 fully saturated rings. The average Bonchev–Trinajstić information content (AvgIpc) is 3.91. The lowest BCUT2D eigenvalue weighted by Crippen LogP contribution is -2.13. The second-order valence-electron chi connectivity index (χ2n) is 13.4. The van der Waals surface area contributed by atoms with Gasteiger partial charge in [-0.3, -0.25) is 9.59 Å². The molecule has 0 unspecified atom stereocenters. The number of halogens is 7. The third kappa shape index (κ3) is 8.06. The normalized spacial score (nSPS) is 12.0. The molecule has 2 N–H and O–H groups in total. The molecule has 4 aromatic carbocycles. The maximum Gasteiger partial charge on any atom is 0.416 e. The van der Waals surface area contributed by atoms with Crippen molar-refractivity contribution in [3.8, 4) is 10.4 Å². The monoisotopic (exact) mass is 827 g/mol. The van der Waals surface area contributed by atoms with E-state index < -0.39 is 29.4 Å². The van der Waals surface area contributed by atoms with E-state index in [0.29, 0.717) is 38.3 Å². The number of pyridine rings is 1. The van der Waals surface area contributed by atoms with E-state index in [1.165, 1.54) is 41.7 Å². The van der Waals surface area contributed by atoms with Crippen LogP contribution < -0.4 is 10.6 Å². The second-order valence-corrected chi connectivity index (χ2v) is 14.9. The first kappa shape index (κ1) is 38.5. The van der Waals surface area contributed by atoms with Crippen molar-refractivity contribution in [2.45, 2.75) is 25.4 Å². The Kier molecular flexibility index (Phi) is 10.1. The number of amides is 2. The van der Waals surface area contributed by atoms with Crippen molar-refractivity contribution < 1.29 is 35.9 Å². The SMILES string of the molecule is O=C(Nc1cn(Cc2ccc(C(F)(F)F)cc2)c2ccc(-c3ccc(C(=O)Nc4cn(Cc5ccc(C(F)(F)F)cc5)c5ccccc45)s3)cc12)c1cccc(Cl)n1. The highest BCUT2D eigenvalue weighted by Crippen LogP contribution is 2.37. The Morgan fingerprint density at radius 2 is 1.19 bits per heavy atom. The number of thiophene rings is 1. The van der Waals surface area contributed by atoms with Crippen LogP contribution in [0.15, 0.2) is 134 Å². The fraction of sp³-hybridized carbons (Fsp3) is 0.0930. The van der Waals surface area contributed by atoms with E-state index in [1.54, 1.807) is 30.6 Å². The number of para-hydroxylation sites is 1. The Balaban J connectivity index is 1.06. The second kappa shape index (κ2) is 15.2. The van der Waals surface area contributed by atoms with Crippen LogP contribution in [-0.4, -0.2) is 25.9 Å². The van der Waals surface area contributed by atoms with Crippen LogP contribution in [0.1, 0.15) is 42.4 Å². The number of hydrogen-bond donors (Lipinski definition) is 2. The van der Waals surface area contributed by atoms with E-state index in [9.17, 15) is 35.9 Å². The molecule has 8 aromatic rings. The van der Waals surface area contributed by atoms with Crippen LogP contribution in [-0.2, 0) is 25.4 Å². The molecule has 4 heterocycles. The fourth-order valence-corrected chi connectivity index (χ4v) is 7.73. The van der Waals surface area contributed by atoms with Gasteiger partial charge in [-0.25, -0.2) is 4.98 Å². The van der Waals surface area contributed by atoms with E-state index in [1.807, 2.05) is 57.7 Å². The molecule has 0 spiro atoms. The number of carbonyl (C=O) groups excluding carboxylic acids is 2. The molecule has 0 aliphatic carbocycles. The largest absolute Gasteiger partial charge is 0.416 e. The van der Waals surface area contributed by atoms with Gasteiger partial charge in [0.1, 0.15) is 10.8 Å². The molecule has 0 bridgehead atoms. The summed E-state index contributed by atoms with van der Waals surface area (Å²) in [6.07, 6.45) is -5.44. The molecule has 15 heteroatoms. The third-order valence-corrected chi connectivity index (χ3v) is 10.8. The minimum atomic E-state index is -4.47. The molecule has 0 atom stereocenters. The van der Waals surface area contributed by atoms with Gasteiger partial charge in [0.15, 0.2) is 0 Å². The summed E-state index contributed by atoms with van der Waals surface area (Å²) in [4.78, 5) is 32.2.